The largest absolute Gasteiger partial charge is 0.486 e. The van der Waals surface area contributed by atoms with Crippen molar-refractivity contribution in [3.63, 3.8) is 0 Å². The third kappa shape index (κ3) is 3.64. The zero-order chi connectivity index (χ0) is 14.8. The molecule has 1 heterocycles. The van der Waals surface area contributed by atoms with Crippen LogP contribution in [0.1, 0.15) is 32.3 Å². The quantitative estimate of drug-likeness (QED) is 0.906. The number of benzene rings is 1. The van der Waals surface area contributed by atoms with Gasteiger partial charge in [-0.1, -0.05) is 31.5 Å². The van der Waals surface area contributed by atoms with Crippen molar-refractivity contribution in [1.29, 1.82) is 0 Å². The predicted octanol–water partition coefficient (Wildman–Crippen LogP) is 3.26. The summed E-state index contributed by atoms with van der Waals surface area (Å²) in [6, 6.07) is 5.47. The van der Waals surface area contributed by atoms with Gasteiger partial charge in [-0.2, -0.15) is 0 Å². The number of carboxylic acids is 1. The van der Waals surface area contributed by atoms with Gasteiger partial charge in [-0.15, -0.1) is 0 Å². The van der Waals surface area contributed by atoms with E-state index in [9.17, 15) is 4.79 Å². The molecule has 0 bridgehead atoms. The van der Waals surface area contributed by atoms with Gasteiger partial charge < -0.3 is 14.6 Å². The lowest BCUT2D eigenvalue weighted by Gasteiger charge is -2.24. The highest BCUT2D eigenvalue weighted by Crippen LogP contribution is 2.34. The second-order valence-electron chi connectivity index (χ2n) is 5.70. The van der Waals surface area contributed by atoms with E-state index < -0.39 is 11.4 Å². The monoisotopic (exact) mass is 298 g/mol. The van der Waals surface area contributed by atoms with Crippen molar-refractivity contribution in [1.82, 2.24) is 0 Å². The molecule has 1 N–H and O–H groups in total. The topological polar surface area (TPSA) is 55.8 Å². The molecule has 0 aromatic heterocycles. The van der Waals surface area contributed by atoms with Crippen LogP contribution in [0, 0.1) is 0 Å². The molecular weight excluding hydrogens is 280 g/mol. The molecule has 0 amide bonds. The first kappa shape index (κ1) is 15.1. The average molecular weight is 299 g/mol. The number of halogens is 1. The Balaban J connectivity index is 2.14. The zero-order valence-corrected chi connectivity index (χ0v) is 12.4. The van der Waals surface area contributed by atoms with Gasteiger partial charge in [-0.25, -0.2) is 0 Å². The lowest BCUT2D eigenvalue weighted by atomic mass is 9.81. The van der Waals surface area contributed by atoms with Gasteiger partial charge in [0, 0.05) is 11.8 Å². The number of hydrogen-bond donors (Lipinski definition) is 1. The maximum atomic E-state index is 10.9. The molecule has 0 aliphatic carbocycles. The summed E-state index contributed by atoms with van der Waals surface area (Å²) < 4.78 is 11.0. The van der Waals surface area contributed by atoms with Gasteiger partial charge in [-0.3, -0.25) is 4.79 Å². The van der Waals surface area contributed by atoms with E-state index in [0.29, 0.717) is 24.0 Å². The van der Waals surface area contributed by atoms with E-state index in [1.165, 1.54) is 0 Å². The van der Waals surface area contributed by atoms with E-state index in [1.807, 2.05) is 19.9 Å². The summed E-state index contributed by atoms with van der Waals surface area (Å²) in [7, 11) is 0. The lowest BCUT2D eigenvalue weighted by Crippen LogP contribution is -2.22. The Labute approximate surface area is 123 Å². The number of ether oxygens (including phenoxy) is 2. The molecule has 1 aliphatic heterocycles. The van der Waals surface area contributed by atoms with Gasteiger partial charge in [0.1, 0.15) is 11.9 Å². The van der Waals surface area contributed by atoms with Crippen LogP contribution in [0.3, 0.4) is 0 Å². The summed E-state index contributed by atoms with van der Waals surface area (Å²) in [5, 5.41) is 9.46. The maximum absolute atomic E-state index is 10.9. The van der Waals surface area contributed by atoms with Crippen molar-refractivity contribution in [2.75, 3.05) is 13.2 Å². The SMILES string of the molecule is CC(C)(CC(=O)O)c1ccc(OC2CCOC2)c(Cl)c1. The van der Waals surface area contributed by atoms with E-state index in [2.05, 4.69) is 0 Å². The first-order chi connectivity index (χ1) is 9.38. The highest BCUT2D eigenvalue weighted by atomic mass is 35.5. The fourth-order valence-electron chi connectivity index (χ4n) is 2.28. The lowest BCUT2D eigenvalue weighted by molar-refractivity contribution is -0.138. The normalized spacial score (nSPS) is 19.1. The summed E-state index contributed by atoms with van der Waals surface area (Å²) in [6.45, 7) is 5.07. The van der Waals surface area contributed by atoms with Crippen molar-refractivity contribution < 1.29 is 19.4 Å². The second kappa shape index (κ2) is 6.02. The molecule has 1 aliphatic rings. The molecule has 110 valence electrons. The minimum absolute atomic E-state index is 0.0466. The highest BCUT2D eigenvalue weighted by molar-refractivity contribution is 6.32. The van der Waals surface area contributed by atoms with Crippen molar-refractivity contribution in [2.24, 2.45) is 0 Å². The predicted molar refractivity (Wildman–Crippen MR) is 76.6 cm³/mol. The minimum atomic E-state index is -0.824. The third-order valence-electron chi connectivity index (χ3n) is 3.49. The average Bonchev–Trinajstić information content (AvgIpc) is 2.82. The van der Waals surface area contributed by atoms with Crippen LogP contribution in [0.2, 0.25) is 5.02 Å². The zero-order valence-electron chi connectivity index (χ0n) is 11.7. The van der Waals surface area contributed by atoms with Crippen LogP contribution in [0.25, 0.3) is 0 Å². The molecule has 1 fully saturated rings. The molecule has 20 heavy (non-hydrogen) atoms. The van der Waals surface area contributed by atoms with Crippen molar-refractivity contribution in [2.45, 2.75) is 38.2 Å². The van der Waals surface area contributed by atoms with Crippen LogP contribution in [0.15, 0.2) is 18.2 Å². The van der Waals surface area contributed by atoms with E-state index in [4.69, 9.17) is 26.2 Å². The second-order valence-corrected chi connectivity index (χ2v) is 6.11. The van der Waals surface area contributed by atoms with E-state index >= 15 is 0 Å². The van der Waals surface area contributed by atoms with Gasteiger partial charge in [0.15, 0.2) is 0 Å². The molecule has 0 saturated carbocycles. The number of carboxylic acid groups (broad SMARTS) is 1. The summed E-state index contributed by atoms with van der Waals surface area (Å²) in [6.07, 6.45) is 0.966. The molecule has 0 radical (unpaired) electrons. The molecule has 0 spiro atoms. The van der Waals surface area contributed by atoms with Crippen LogP contribution < -0.4 is 4.74 Å². The molecule has 2 rings (SSSR count). The maximum Gasteiger partial charge on any atom is 0.304 e. The number of aliphatic carboxylic acids is 1. The molecule has 1 atom stereocenters. The van der Waals surface area contributed by atoms with Gasteiger partial charge in [0.2, 0.25) is 0 Å². The smallest absolute Gasteiger partial charge is 0.304 e. The molecule has 1 saturated heterocycles. The van der Waals surface area contributed by atoms with E-state index in [-0.39, 0.29) is 12.5 Å². The summed E-state index contributed by atoms with van der Waals surface area (Å²) in [5.41, 5.74) is 0.421. The summed E-state index contributed by atoms with van der Waals surface area (Å²) in [4.78, 5) is 10.9. The summed E-state index contributed by atoms with van der Waals surface area (Å²) >= 11 is 6.24. The Morgan fingerprint density at radius 1 is 1.55 bits per heavy atom. The van der Waals surface area contributed by atoms with Gasteiger partial charge in [-0.05, 0) is 17.7 Å². The fourth-order valence-corrected chi connectivity index (χ4v) is 2.51. The van der Waals surface area contributed by atoms with Crippen LogP contribution in [0.4, 0.5) is 0 Å². The van der Waals surface area contributed by atoms with Crippen LogP contribution in [0.5, 0.6) is 5.75 Å². The highest BCUT2D eigenvalue weighted by Gasteiger charge is 2.25. The van der Waals surface area contributed by atoms with E-state index in [0.717, 1.165) is 12.0 Å². The van der Waals surface area contributed by atoms with Gasteiger partial charge in [0.05, 0.1) is 24.7 Å². The summed E-state index contributed by atoms with van der Waals surface area (Å²) in [5.74, 6) is -0.202. The van der Waals surface area contributed by atoms with Crippen molar-refractivity contribution in [3.05, 3.63) is 28.8 Å². The molecule has 5 heteroatoms. The van der Waals surface area contributed by atoms with Crippen molar-refractivity contribution in [3.8, 4) is 5.75 Å². The van der Waals surface area contributed by atoms with Crippen LogP contribution in [-0.2, 0) is 14.9 Å². The van der Waals surface area contributed by atoms with Crippen LogP contribution >= 0.6 is 11.6 Å². The van der Waals surface area contributed by atoms with Crippen molar-refractivity contribution >= 4 is 17.6 Å². The number of hydrogen-bond acceptors (Lipinski definition) is 3. The Morgan fingerprint density at radius 3 is 2.85 bits per heavy atom. The Hall–Kier alpha value is -1.26. The number of carbonyl (C=O) groups is 1. The first-order valence-electron chi connectivity index (χ1n) is 6.65. The minimum Gasteiger partial charge on any atom is -0.486 e. The molecule has 1 aromatic rings. The van der Waals surface area contributed by atoms with Crippen LogP contribution in [-0.4, -0.2) is 30.4 Å². The standard InChI is InChI=1S/C15H19ClO4/c1-15(2,8-14(17)18)10-3-4-13(12(16)7-10)20-11-5-6-19-9-11/h3-4,7,11H,5-6,8-9H2,1-2H3,(H,17,18). The fraction of sp³-hybridized carbons (Fsp3) is 0.533. The Kier molecular flexibility index (Phi) is 4.55. The molecule has 1 unspecified atom stereocenters. The van der Waals surface area contributed by atoms with Gasteiger partial charge in [0.25, 0.3) is 0 Å². The van der Waals surface area contributed by atoms with Gasteiger partial charge >= 0.3 is 5.97 Å². The molecular formula is C15H19ClO4. The Morgan fingerprint density at radius 2 is 2.30 bits per heavy atom. The first-order valence-corrected chi connectivity index (χ1v) is 7.02. The number of rotatable bonds is 5. The Bertz CT molecular complexity index is 493. The third-order valence-corrected chi connectivity index (χ3v) is 3.78. The molecule has 1 aromatic carbocycles. The molecule has 4 nitrogen and oxygen atoms in total. The van der Waals surface area contributed by atoms with E-state index in [1.54, 1.807) is 12.1 Å².